The minimum Gasteiger partial charge on any atom is -0.508 e. The largest absolute Gasteiger partial charge is 0.508 e. The summed E-state index contributed by atoms with van der Waals surface area (Å²) in [7, 11) is 0. The van der Waals surface area contributed by atoms with E-state index in [0.717, 1.165) is 5.69 Å². The number of phenols is 1. The van der Waals surface area contributed by atoms with E-state index in [1.165, 1.54) is 0 Å². The SMILES string of the molecule is Oc1cccc2c1CC(F)CN2. The average Bonchev–Trinajstić information content (AvgIpc) is 2.07. The van der Waals surface area contributed by atoms with Crippen molar-refractivity contribution >= 4 is 5.69 Å². The van der Waals surface area contributed by atoms with Gasteiger partial charge in [-0.1, -0.05) is 6.07 Å². The van der Waals surface area contributed by atoms with Gasteiger partial charge in [0, 0.05) is 24.2 Å². The van der Waals surface area contributed by atoms with Gasteiger partial charge in [0.05, 0.1) is 0 Å². The van der Waals surface area contributed by atoms with Crippen molar-refractivity contribution in [3.8, 4) is 5.75 Å². The number of rotatable bonds is 0. The second kappa shape index (κ2) is 2.66. The number of fused-ring (bicyclic) bond motifs is 1. The lowest BCUT2D eigenvalue weighted by atomic mass is 10.0. The van der Waals surface area contributed by atoms with E-state index in [1.54, 1.807) is 12.1 Å². The third kappa shape index (κ3) is 1.11. The Balaban J connectivity index is 2.43. The Hall–Kier alpha value is -1.25. The van der Waals surface area contributed by atoms with E-state index in [2.05, 4.69) is 5.32 Å². The maximum Gasteiger partial charge on any atom is 0.121 e. The van der Waals surface area contributed by atoms with Crippen molar-refractivity contribution in [1.82, 2.24) is 0 Å². The molecule has 0 spiro atoms. The number of alkyl halides is 1. The molecule has 1 aliphatic rings. The van der Waals surface area contributed by atoms with Crippen molar-refractivity contribution in [2.75, 3.05) is 11.9 Å². The van der Waals surface area contributed by atoms with Crippen LogP contribution < -0.4 is 5.32 Å². The third-order valence-corrected chi connectivity index (χ3v) is 2.09. The van der Waals surface area contributed by atoms with Crippen molar-refractivity contribution in [3.63, 3.8) is 0 Å². The van der Waals surface area contributed by atoms with E-state index >= 15 is 0 Å². The fourth-order valence-electron chi connectivity index (χ4n) is 1.47. The van der Waals surface area contributed by atoms with Crippen LogP contribution in [0.5, 0.6) is 5.75 Å². The highest BCUT2D eigenvalue weighted by Crippen LogP contribution is 2.30. The summed E-state index contributed by atoms with van der Waals surface area (Å²) in [5, 5.41) is 12.3. The van der Waals surface area contributed by atoms with Crippen molar-refractivity contribution in [2.45, 2.75) is 12.6 Å². The lowest BCUT2D eigenvalue weighted by Gasteiger charge is -2.21. The second-order valence-corrected chi connectivity index (χ2v) is 2.99. The van der Waals surface area contributed by atoms with Gasteiger partial charge in [0.25, 0.3) is 0 Å². The Kier molecular flexibility index (Phi) is 1.64. The number of phenolic OH excluding ortho intramolecular Hbond substituents is 1. The molecule has 2 N–H and O–H groups in total. The monoisotopic (exact) mass is 167 g/mol. The summed E-state index contributed by atoms with van der Waals surface area (Å²) >= 11 is 0. The molecule has 3 heteroatoms. The molecule has 0 aliphatic carbocycles. The summed E-state index contributed by atoms with van der Waals surface area (Å²) in [6.07, 6.45) is -0.569. The van der Waals surface area contributed by atoms with Crippen LogP contribution in [0.2, 0.25) is 0 Å². The van der Waals surface area contributed by atoms with Gasteiger partial charge in [-0.25, -0.2) is 4.39 Å². The van der Waals surface area contributed by atoms with E-state index in [4.69, 9.17) is 0 Å². The molecule has 64 valence electrons. The summed E-state index contributed by atoms with van der Waals surface area (Å²) in [6, 6.07) is 5.18. The predicted molar refractivity (Wildman–Crippen MR) is 45.2 cm³/mol. The van der Waals surface area contributed by atoms with Crippen LogP contribution in [0.25, 0.3) is 0 Å². The van der Waals surface area contributed by atoms with E-state index in [0.29, 0.717) is 18.5 Å². The van der Waals surface area contributed by atoms with Crippen LogP contribution in [0.3, 0.4) is 0 Å². The van der Waals surface area contributed by atoms with Crippen LogP contribution >= 0.6 is 0 Å². The van der Waals surface area contributed by atoms with E-state index in [-0.39, 0.29) is 5.75 Å². The van der Waals surface area contributed by atoms with Gasteiger partial charge >= 0.3 is 0 Å². The van der Waals surface area contributed by atoms with E-state index in [1.807, 2.05) is 6.07 Å². The van der Waals surface area contributed by atoms with Gasteiger partial charge < -0.3 is 10.4 Å². The van der Waals surface area contributed by atoms with E-state index in [9.17, 15) is 9.50 Å². The minimum absolute atomic E-state index is 0.183. The normalized spacial score (nSPS) is 21.2. The molecule has 0 bridgehead atoms. The average molecular weight is 167 g/mol. The lowest BCUT2D eigenvalue weighted by Crippen LogP contribution is -2.23. The lowest BCUT2D eigenvalue weighted by molar-refractivity contribution is 0.336. The number of nitrogens with one attached hydrogen (secondary N) is 1. The summed E-state index contributed by atoms with van der Waals surface area (Å²) in [5.41, 5.74) is 1.54. The molecule has 1 unspecified atom stereocenters. The maximum absolute atomic E-state index is 12.9. The molecule has 0 fully saturated rings. The molecule has 1 aliphatic heterocycles. The molecule has 2 rings (SSSR count). The smallest absolute Gasteiger partial charge is 0.121 e. The zero-order valence-electron chi connectivity index (χ0n) is 6.55. The number of halogens is 1. The van der Waals surface area contributed by atoms with Gasteiger partial charge in [-0.2, -0.15) is 0 Å². The molecule has 1 aromatic rings. The van der Waals surface area contributed by atoms with Gasteiger partial charge in [-0.05, 0) is 12.1 Å². The molecule has 1 atom stereocenters. The molecule has 1 heterocycles. The quantitative estimate of drug-likeness (QED) is 0.616. The fourth-order valence-corrected chi connectivity index (χ4v) is 1.47. The van der Waals surface area contributed by atoms with Gasteiger partial charge in [-0.15, -0.1) is 0 Å². The van der Waals surface area contributed by atoms with Crippen LogP contribution in [0.15, 0.2) is 18.2 Å². The van der Waals surface area contributed by atoms with Gasteiger partial charge in [0.15, 0.2) is 0 Å². The number of anilines is 1. The Morgan fingerprint density at radius 3 is 3.17 bits per heavy atom. The molecule has 0 saturated heterocycles. The summed E-state index contributed by atoms with van der Waals surface area (Å²) < 4.78 is 12.9. The molecule has 0 radical (unpaired) electrons. The highest BCUT2D eigenvalue weighted by Gasteiger charge is 2.19. The number of hydrogen-bond donors (Lipinski definition) is 2. The minimum atomic E-state index is -0.884. The molecular weight excluding hydrogens is 157 g/mol. The standard InChI is InChI=1S/C9H10FNO/c10-6-4-7-8(11-5-6)2-1-3-9(7)12/h1-3,6,11-12H,4-5H2. The van der Waals surface area contributed by atoms with Crippen LogP contribution in [0.1, 0.15) is 5.56 Å². The first-order valence-electron chi connectivity index (χ1n) is 3.96. The predicted octanol–water partition coefficient (Wildman–Crippen LogP) is 1.70. The first-order valence-corrected chi connectivity index (χ1v) is 3.96. The molecule has 0 amide bonds. The van der Waals surface area contributed by atoms with Gasteiger partial charge in [0.1, 0.15) is 11.9 Å². The topological polar surface area (TPSA) is 32.3 Å². The van der Waals surface area contributed by atoms with E-state index < -0.39 is 6.17 Å². The highest BCUT2D eigenvalue weighted by atomic mass is 19.1. The number of hydrogen-bond acceptors (Lipinski definition) is 2. The number of aromatic hydroxyl groups is 1. The molecule has 0 saturated carbocycles. The Morgan fingerprint density at radius 1 is 1.50 bits per heavy atom. The van der Waals surface area contributed by atoms with Gasteiger partial charge in [0.2, 0.25) is 0 Å². The van der Waals surface area contributed by atoms with Crippen LogP contribution in [-0.2, 0) is 6.42 Å². The van der Waals surface area contributed by atoms with Crippen LogP contribution in [0.4, 0.5) is 10.1 Å². The Labute approximate surface area is 70.0 Å². The van der Waals surface area contributed by atoms with Crippen molar-refractivity contribution in [1.29, 1.82) is 0 Å². The van der Waals surface area contributed by atoms with Crippen molar-refractivity contribution < 1.29 is 9.50 Å². The second-order valence-electron chi connectivity index (χ2n) is 2.99. The summed E-state index contributed by atoms with van der Waals surface area (Å²) in [6.45, 7) is 0.344. The zero-order valence-corrected chi connectivity index (χ0v) is 6.55. The first-order chi connectivity index (χ1) is 5.77. The van der Waals surface area contributed by atoms with Crippen molar-refractivity contribution in [2.24, 2.45) is 0 Å². The zero-order chi connectivity index (χ0) is 8.55. The maximum atomic E-state index is 12.9. The molecule has 0 aromatic heterocycles. The number of benzene rings is 1. The van der Waals surface area contributed by atoms with Crippen LogP contribution in [0, 0.1) is 0 Å². The fraction of sp³-hybridized carbons (Fsp3) is 0.333. The third-order valence-electron chi connectivity index (χ3n) is 2.09. The van der Waals surface area contributed by atoms with Gasteiger partial charge in [-0.3, -0.25) is 0 Å². The highest BCUT2D eigenvalue weighted by molar-refractivity contribution is 5.59. The molecule has 1 aromatic carbocycles. The Bertz CT molecular complexity index is 301. The summed E-state index contributed by atoms with van der Waals surface area (Å²) in [5.74, 6) is 0.183. The molecule has 2 nitrogen and oxygen atoms in total. The first kappa shape index (κ1) is 7.40. The van der Waals surface area contributed by atoms with Crippen molar-refractivity contribution in [3.05, 3.63) is 23.8 Å². The van der Waals surface area contributed by atoms with Crippen LogP contribution in [-0.4, -0.2) is 17.8 Å². The molecule has 12 heavy (non-hydrogen) atoms. The summed E-state index contributed by atoms with van der Waals surface area (Å²) in [4.78, 5) is 0. The molecular formula is C9H10FNO. The Morgan fingerprint density at radius 2 is 2.33 bits per heavy atom.